The Hall–Kier alpha value is -1.58. The minimum Gasteiger partial charge on any atom is -0.385 e. The Balaban J connectivity index is 2.19. The maximum Gasteiger partial charge on any atom is 0.255 e. The number of hydrogen-bond donors (Lipinski definition) is 2. The first kappa shape index (κ1) is 14.8. The molecule has 2 rings (SSSR count). The van der Waals surface area contributed by atoms with Crippen molar-refractivity contribution in [1.29, 1.82) is 0 Å². The molecule has 2 N–H and O–H groups in total. The van der Waals surface area contributed by atoms with Gasteiger partial charge in [0.05, 0.1) is 11.3 Å². The Labute approximate surface area is 121 Å². The molecule has 110 valence electrons. The first-order valence-electron chi connectivity index (χ1n) is 7.23. The molecule has 1 aliphatic rings. The van der Waals surface area contributed by atoms with Crippen LogP contribution in [0, 0.1) is 17.8 Å². The Bertz CT molecular complexity index is 521. The predicted octanol–water partition coefficient (Wildman–Crippen LogP) is 2.99. The van der Waals surface area contributed by atoms with Gasteiger partial charge in [-0.2, -0.15) is 0 Å². The molecule has 0 unspecified atom stereocenters. The van der Waals surface area contributed by atoms with E-state index in [2.05, 4.69) is 43.3 Å². The van der Waals surface area contributed by atoms with Gasteiger partial charge in [-0.15, -0.1) is 0 Å². The second-order valence-corrected chi connectivity index (χ2v) is 6.75. The molecule has 0 radical (unpaired) electrons. The van der Waals surface area contributed by atoms with Gasteiger partial charge in [-0.1, -0.05) is 27.7 Å². The summed E-state index contributed by atoms with van der Waals surface area (Å²) in [6.07, 6.45) is 1.66. The van der Waals surface area contributed by atoms with Gasteiger partial charge in [-0.25, -0.2) is 0 Å². The molecular weight excluding hydrogens is 250 g/mol. The van der Waals surface area contributed by atoms with Crippen molar-refractivity contribution in [2.45, 2.75) is 47.6 Å². The summed E-state index contributed by atoms with van der Waals surface area (Å²) in [7, 11) is 0. The highest BCUT2D eigenvalue weighted by molar-refractivity contribution is 5.99. The van der Waals surface area contributed by atoms with E-state index in [0.29, 0.717) is 5.56 Å². The minimum atomic E-state index is -0.0444. The predicted molar refractivity (Wildman–Crippen MR) is 82.0 cm³/mol. The van der Waals surface area contributed by atoms with Crippen LogP contribution in [0.5, 0.6) is 0 Å². The highest BCUT2D eigenvalue weighted by Crippen LogP contribution is 2.62. The highest BCUT2D eigenvalue weighted by Gasteiger charge is 2.65. The third-order valence-corrected chi connectivity index (χ3v) is 4.95. The average molecular weight is 275 g/mol. The van der Waals surface area contributed by atoms with Gasteiger partial charge in [0.15, 0.2) is 0 Å². The maximum absolute atomic E-state index is 12.5. The van der Waals surface area contributed by atoms with Gasteiger partial charge < -0.3 is 10.6 Å². The zero-order valence-corrected chi connectivity index (χ0v) is 13.3. The Morgan fingerprint density at radius 2 is 1.90 bits per heavy atom. The largest absolute Gasteiger partial charge is 0.385 e. The fourth-order valence-electron chi connectivity index (χ4n) is 2.84. The Morgan fingerprint density at radius 1 is 1.30 bits per heavy atom. The monoisotopic (exact) mass is 275 g/mol. The number of rotatable bonds is 4. The molecule has 1 aromatic rings. The number of carbonyl (C=O) groups excluding carboxylic acids is 1. The summed E-state index contributed by atoms with van der Waals surface area (Å²) in [5.41, 5.74) is 2.66. The molecule has 1 aromatic heterocycles. The van der Waals surface area contributed by atoms with Crippen LogP contribution in [0.2, 0.25) is 0 Å². The van der Waals surface area contributed by atoms with Crippen LogP contribution in [0.4, 0.5) is 5.69 Å². The standard InChI is InChI=1S/C16H25N3O/c1-7-17-12-8-10(2)18-9-11(12)13(20)19-14-15(3,4)16(14,5)6/h8-9,14H,7H2,1-6H3,(H,17,18)(H,19,20). The van der Waals surface area contributed by atoms with E-state index in [4.69, 9.17) is 0 Å². The molecule has 1 saturated carbocycles. The molecule has 0 aliphatic heterocycles. The lowest BCUT2D eigenvalue weighted by molar-refractivity contribution is 0.0944. The molecule has 0 aromatic carbocycles. The van der Waals surface area contributed by atoms with Gasteiger partial charge >= 0.3 is 0 Å². The normalized spacial score (nSPS) is 19.5. The molecule has 4 heteroatoms. The Morgan fingerprint density at radius 3 is 2.40 bits per heavy atom. The lowest BCUT2D eigenvalue weighted by Gasteiger charge is -2.12. The maximum atomic E-state index is 12.5. The van der Waals surface area contributed by atoms with Crippen molar-refractivity contribution in [1.82, 2.24) is 10.3 Å². The van der Waals surface area contributed by atoms with Crippen molar-refractivity contribution in [3.05, 3.63) is 23.5 Å². The van der Waals surface area contributed by atoms with Crippen LogP contribution in [-0.4, -0.2) is 23.5 Å². The average Bonchev–Trinajstić information content (AvgIpc) is 2.72. The first-order chi connectivity index (χ1) is 9.21. The van der Waals surface area contributed by atoms with Crippen molar-refractivity contribution in [2.24, 2.45) is 10.8 Å². The third kappa shape index (κ3) is 2.28. The Kier molecular flexibility index (Phi) is 3.53. The van der Waals surface area contributed by atoms with Crippen LogP contribution in [0.1, 0.15) is 50.7 Å². The van der Waals surface area contributed by atoms with Crippen molar-refractivity contribution < 1.29 is 4.79 Å². The molecule has 0 spiro atoms. The van der Waals surface area contributed by atoms with Crippen LogP contribution in [0.15, 0.2) is 12.3 Å². The molecular formula is C16H25N3O. The van der Waals surface area contributed by atoms with E-state index < -0.39 is 0 Å². The number of pyridine rings is 1. The highest BCUT2D eigenvalue weighted by atomic mass is 16.1. The van der Waals surface area contributed by atoms with Crippen LogP contribution in [0.3, 0.4) is 0 Å². The van der Waals surface area contributed by atoms with E-state index >= 15 is 0 Å². The van der Waals surface area contributed by atoms with Crippen LogP contribution in [0.25, 0.3) is 0 Å². The number of aryl methyl sites for hydroxylation is 1. The van der Waals surface area contributed by atoms with Gasteiger partial charge in [0.25, 0.3) is 5.91 Å². The summed E-state index contributed by atoms with van der Waals surface area (Å²) in [6.45, 7) is 13.5. The summed E-state index contributed by atoms with van der Waals surface area (Å²) in [5, 5.41) is 6.38. The molecule has 20 heavy (non-hydrogen) atoms. The molecule has 1 fully saturated rings. The number of nitrogens with one attached hydrogen (secondary N) is 2. The van der Waals surface area contributed by atoms with E-state index in [1.165, 1.54) is 0 Å². The number of aromatic nitrogens is 1. The summed E-state index contributed by atoms with van der Waals surface area (Å²) < 4.78 is 0. The van der Waals surface area contributed by atoms with E-state index in [1.807, 2.05) is 19.9 Å². The number of anilines is 1. The smallest absolute Gasteiger partial charge is 0.255 e. The quantitative estimate of drug-likeness (QED) is 0.888. The lowest BCUT2D eigenvalue weighted by Crippen LogP contribution is -2.30. The minimum absolute atomic E-state index is 0.0444. The fraction of sp³-hybridized carbons (Fsp3) is 0.625. The van der Waals surface area contributed by atoms with Gasteiger partial charge in [0.2, 0.25) is 0 Å². The van der Waals surface area contributed by atoms with E-state index in [-0.39, 0.29) is 22.8 Å². The van der Waals surface area contributed by atoms with E-state index in [9.17, 15) is 4.79 Å². The van der Waals surface area contributed by atoms with Crippen molar-refractivity contribution in [3.8, 4) is 0 Å². The summed E-state index contributed by atoms with van der Waals surface area (Å²) in [4.78, 5) is 16.7. The third-order valence-electron chi connectivity index (χ3n) is 4.95. The number of carbonyl (C=O) groups is 1. The number of amides is 1. The molecule has 1 amide bonds. The van der Waals surface area contributed by atoms with Crippen molar-refractivity contribution >= 4 is 11.6 Å². The van der Waals surface area contributed by atoms with Gasteiger partial charge in [-0.05, 0) is 30.7 Å². The second kappa shape index (κ2) is 4.76. The fourth-order valence-corrected chi connectivity index (χ4v) is 2.84. The SMILES string of the molecule is CCNc1cc(C)ncc1C(=O)NC1C(C)(C)C1(C)C. The molecule has 0 atom stereocenters. The number of nitrogens with zero attached hydrogens (tertiary/aromatic N) is 1. The van der Waals surface area contributed by atoms with E-state index in [1.54, 1.807) is 6.20 Å². The van der Waals surface area contributed by atoms with Crippen molar-refractivity contribution in [2.75, 3.05) is 11.9 Å². The topological polar surface area (TPSA) is 54.0 Å². The summed E-state index contributed by atoms with van der Waals surface area (Å²) >= 11 is 0. The van der Waals surface area contributed by atoms with Crippen LogP contribution < -0.4 is 10.6 Å². The number of hydrogen-bond acceptors (Lipinski definition) is 3. The van der Waals surface area contributed by atoms with Crippen LogP contribution in [-0.2, 0) is 0 Å². The molecule has 1 heterocycles. The summed E-state index contributed by atoms with van der Waals surface area (Å²) in [5.74, 6) is -0.0444. The zero-order chi connectivity index (χ0) is 15.1. The van der Waals surface area contributed by atoms with E-state index in [0.717, 1.165) is 17.9 Å². The van der Waals surface area contributed by atoms with Crippen molar-refractivity contribution in [3.63, 3.8) is 0 Å². The van der Waals surface area contributed by atoms with Gasteiger partial charge in [0.1, 0.15) is 0 Å². The molecule has 4 nitrogen and oxygen atoms in total. The first-order valence-corrected chi connectivity index (χ1v) is 7.23. The second-order valence-electron chi connectivity index (χ2n) is 6.75. The van der Waals surface area contributed by atoms with Crippen LogP contribution >= 0.6 is 0 Å². The van der Waals surface area contributed by atoms with Gasteiger partial charge in [-0.3, -0.25) is 9.78 Å². The molecule has 1 aliphatic carbocycles. The molecule has 0 saturated heterocycles. The zero-order valence-electron chi connectivity index (χ0n) is 13.3. The van der Waals surface area contributed by atoms with Gasteiger partial charge in [0, 0.05) is 24.5 Å². The lowest BCUT2D eigenvalue weighted by atomic mass is 10.0. The molecule has 0 bridgehead atoms. The summed E-state index contributed by atoms with van der Waals surface area (Å²) in [6, 6.07) is 2.12.